The Hall–Kier alpha value is -0.0800. The van der Waals surface area contributed by atoms with E-state index in [-0.39, 0.29) is 0 Å². The van der Waals surface area contributed by atoms with Crippen LogP contribution < -0.4 is 0 Å². The zero-order valence-corrected chi connectivity index (χ0v) is 20.3. The monoisotopic (exact) mass is 398 g/mol. The molecule has 0 aromatic carbocycles. The third-order valence-corrected chi connectivity index (χ3v) is 7.64. The maximum absolute atomic E-state index is 8.96. The molecule has 0 rings (SSSR count). The molecule has 0 aliphatic rings. The number of unbranched alkanes of at least 4 members (excludes halogenated alkanes) is 4. The van der Waals surface area contributed by atoms with Gasteiger partial charge in [0, 0.05) is 19.8 Å². The van der Waals surface area contributed by atoms with Crippen molar-refractivity contribution in [3.8, 4) is 0 Å². The first-order valence-corrected chi connectivity index (χ1v) is 12.8. The van der Waals surface area contributed by atoms with Crippen LogP contribution in [0.25, 0.3) is 0 Å². The summed E-state index contributed by atoms with van der Waals surface area (Å²) >= 11 is 0. The van der Waals surface area contributed by atoms with E-state index in [0.29, 0.717) is 17.4 Å². The highest BCUT2D eigenvalue weighted by molar-refractivity contribution is 4.77. The van der Waals surface area contributed by atoms with Gasteiger partial charge in [0.25, 0.3) is 0 Å². The molecule has 0 fully saturated rings. The van der Waals surface area contributed by atoms with Crippen LogP contribution in [0.5, 0.6) is 0 Å². The number of ether oxygens (including phenoxy) is 1. The number of aliphatic hydroxyl groups is 1. The second kappa shape index (κ2) is 17.8. The fourth-order valence-electron chi connectivity index (χ4n) is 4.99. The molecule has 0 heterocycles. The smallest absolute Gasteiger partial charge is 0.0466 e. The van der Waals surface area contributed by atoms with Gasteiger partial charge in [0.2, 0.25) is 0 Å². The minimum Gasteiger partial charge on any atom is -0.396 e. The quantitative estimate of drug-likeness (QED) is 0.197. The lowest BCUT2D eigenvalue weighted by Crippen LogP contribution is -2.19. The predicted octanol–water partition coefficient (Wildman–Crippen LogP) is 8.31. The number of rotatable bonds is 21. The summed E-state index contributed by atoms with van der Waals surface area (Å²) in [5, 5.41) is 8.96. The van der Waals surface area contributed by atoms with Crippen LogP contribution in [-0.4, -0.2) is 24.9 Å². The van der Waals surface area contributed by atoms with Crippen LogP contribution in [0.4, 0.5) is 0 Å². The normalized spacial score (nSPS) is 12.6. The topological polar surface area (TPSA) is 29.5 Å². The van der Waals surface area contributed by atoms with Gasteiger partial charge >= 0.3 is 0 Å². The average molecular weight is 399 g/mol. The van der Waals surface area contributed by atoms with E-state index in [9.17, 15) is 0 Å². The lowest BCUT2D eigenvalue weighted by atomic mass is 9.74. The SMILES string of the molecule is CCCC(CC)(CC)CCCCOCCCCC(CC)(CC)CCCCCO. The van der Waals surface area contributed by atoms with Crippen LogP contribution in [0.2, 0.25) is 0 Å². The molecule has 0 saturated carbocycles. The van der Waals surface area contributed by atoms with Crippen LogP contribution in [0.15, 0.2) is 0 Å². The van der Waals surface area contributed by atoms with Crippen LogP contribution in [0, 0.1) is 10.8 Å². The summed E-state index contributed by atoms with van der Waals surface area (Å²) < 4.78 is 5.94. The second-order valence-electron chi connectivity index (χ2n) is 9.23. The third-order valence-electron chi connectivity index (χ3n) is 7.64. The standard InChI is InChI=1S/C26H54O2/c1-6-18-25(7-2,8-3)20-13-16-23-28-24-17-14-21-26(9-4,10-5)19-12-11-15-22-27/h27H,6-24H2,1-5H3. The predicted molar refractivity (Wildman–Crippen MR) is 125 cm³/mol. The Labute approximate surface area is 178 Å². The van der Waals surface area contributed by atoms with Gasteiger partial charge in [-0.05, 0) is 55.8 Å². The molecule has 0 amide bonds. The molecule has 0 atom stereocenters. The van der Waals surface area contributed by atoms with E-state index in [1.807, 2.05) is 0 Å². The Kier molecular flexibility index (Phi) is 17.7. The summed E-state index contributed by atoms with van der Waals surface area (Å²) in [4.78, 5) is 0. The van der Waals surface area contributed by atoms with Gasteiger partial charge in [-0.15, -0.1) is 0 Å². The molecule has 0 aromatic heterocycles. The van der Waals surface area contributed by atoms with E-state index in [1.165, 1.54) is 96.3 Å². The Balaban J connectivity index is 3.85. The average Bonchev–Trinajstić information content (AvgIpc) is 2.73. The molecule has 28 heavy (non-hydrogen) atoms. The van der Waals surface area contributed by atoms with Gasteiger partial charge in [-0.2, -0.15) is 0 Å². The first kappa shape index (κ1) is 27.9. The van der Waals surface area contributed by atoms with E-state index in [0.717, 1.165) is 19.6 Å². The minimum atomic E-state index is 0.346. The molecular weight excluding hydrogens is 344 g/mol. The summed E-state index contributed by atoms with van der Waals surface area (Å²) in [5.41, 5.74) is 1.12. The highest BCUT2D eigenvalue weighted by atomic mass is 16.5. The zero-order chi connectivity index (χ0) is 21.1. The fraction of sp³-hybridized carbons (Fsp3) is 1.00. The van der Waals surface area contributed by atoms with Gasteiger partial charge in [0.15, 0.2) is 0 Å². The largest absolute Gasteiger partial charge is 0.396 e. The molecule has 2 heteroatoms. The Morgan fingerprint density at radius 1 is 0.536 bits per heavy atom. The zero-order valence-electron chi connectivity index (χ0n) is 20.3. The molecule has 0 aliphatic heterocycles. The number of hydrogen-bond acceptors (Lipinski definition) is 2. The molecule has 0 spiro atoms. The summed E-state index contributed by atoms with van der Waals surface area (Å²) in [5.74, 6) is 0. The fourth-order valence-corrected chi connectivity index (χ4v) is 4.99. The molecule has 0 radical (unpaired) electrons. The van der Waals surface area contributed by atoms with Crippen LogP contribution in [-0.2, 0) is 4.74 Å². The third kappa shape index (κ3) is 11.8. The maximum Gasteiger partial charge on any atom is 0.0466 e. The Morgan fingerprint density at radius 3 is 1.36 bits per heavy atom. The van der Waals surface area contributed by atoms with Gasteiger partial charge in [-0.25, -0.2) is 0 Å². The highest BCUT2D eigenvalue weighted by Crippen LogP contribution is 2.38. The van der Waals surface area contributed by atoms with Crippen molar-refractivity contribution in [2.45, 2.75) is 137 Å². The van der Waals surface area contributed by atoms with E-state index >= 15 is 0 Å². The minimum absolute atomic E-state index is 0.346. The Morgan fingerprint density at radius 2 is 0.964 bits per heavy atom. The first-order valence-electron chi connectivity index (χ1n) is 12.8. The molecule has 0 saturated heterocycles. The van der Waals surface area contributed by atoms with Crippen LogP contribution >= 0.6 is 0 Å². The number of aliphatic hydroxyl groups excluding tert-OH is 1. The molecule has 0 unspecified atom stereocenters. The lowest BCUT2D eigenvalue weighted by Gasteiger charge is -2.32. The molecule has 0 aliphatic carbocycles. The van der Waals surface area contributed by atoms with E-state index in [1.54, 1.807) is 0 Å². The summed E-state index contributed by atoms with van der Waals surface area (Å²) in [7, 11) is 0. The molecule has 0 aromatic rings. The molecule has 0 bridgehead atoms. The van der Waals surface area contributed by atoms with E-state index in [2.05, 4.69) is 34.6 Å². The van der Waals surface area contributed by atoms with Crippen molar-refractivity contribution in [1.29, 1.82) is 0 Å². The van der Waals surface area contributed by atoms with Crippen molar-refractivity contribution < 1.29 is 9.84 Å². The van der Waals surface area contributed by atoms with E-state index in [4.69, 9.17) is 9.84 Å². The number of hydrogen-bond donors (Lipinski definition) is 1. The molecular formula is C26H54O2. The van der Waals surface area contributed by atoms with Crippen LogP contribution in [0.3, 0.4) is 0 Å². The summed E-state index contributed by atoms with van der Waals surface area (Å²) in [6, 6.07) is 0. The summed E-state index contributed by atoms with van der Waals surface area (Å²) in [6.45, 7) is 14.0. The first-order chi connectivity index (χ1) is 13.6. The van der Waals surface area contributed by atoms with E-state index < -0.39 is 0 Å². The van der Waals surface area contributed by atoms with Crippen molar-refractivity contribution in [3.05, 3.63) is 0 Å². The van der Waals surface area contributed by atoms with Crippen molar-refractivity contribution >= 4 is 0 Å². The second-order valence-corrected chi connectivity index (χ2v) is 9.23. The van der Waals surface area contributed by atoms with Gasteiger partial charge < -0.3 is 9.84 Å². The van der Waals surface area contributed by atoms with Crippen LogP contribution in [0.1, 0.15) is 137 Å². The van der Waals surface area contributed by atoms with Crippen molar-refractivity contribution in [1.82, 2.24) is 0 Å². The van der Waals surface area contributed by atoms with Gasteiger partial charge in [-0.3, -0.25) is 0 Å². The van der Waals surface area contributed by atoms with Crippen molar-refractivity contribution in [2.75, 3.05) is 19.8 Å². The summed E-state index contributed by atoms with van der Waals surface area (Å²) in [6.07, 6.45) is 20.5. The Bertz CT molecular complexity index is 318. The molecule has 1 N–H and O–H groups in total. The highest BCUT2D eigenvalue weighted by Gasteiger charge is 2.25. The van der Waals surface area contributed by atoms with Gasteiger partial charge in [0.1, 0.15) is 0 Å². The van der Waals surface area contributed by atoms with Crippen molar-refractivity contribution in [3.63, 3.8) is 0 Å². The van der Waals surface area contributed by atoms with Gasteiger partial charge in [-0.1, -0.05) is 92.4 Å². The lowest BCUT2D eigenvalue weighted by molar-refractivity contribution is 0.113. The van der Waals surface area contributed by atoms with Gasteiger partial charge in [0.05, 0.1) is 0 Å². The maximum atomic E-state index is 8.96. The molecule has 170 valence electrons. The van der Waals surface area contributed by atoms with Crippen molar-refractivity contribution in [2.24, 2.45) is 10.8 Å². The molecule has 2 nitrogen and oxygen atoms in total.